The van der Waals surface area contributed by atoms with E-state index in [4.69, 9.17) is 0 Å². The number of amides is 2. The molecule has 10 nitrogen and oxygen atoms in total. The summed E-state index contributed by atoms with van der Waals surface area (Å²) >= 11 is 0. The number of hydrogen-bond donors (Lipinski definition) is 2. The summed E-state index contributed by atoms with van der Waals surface area (Å²) < 4.78 is 4.52. The van der Waals surface area contributed by atoms with Crippen molar-refractivity contribution in [3.05, 3.63) is 39.4 Å². The third kappa shape index (κ3) is 5.65. The summed E-state index contributed by atoms with van der Waals surface area (Å²) in [6.45, 7) is 1.62. The molecule has 0 radical (unpaired) electrons. The Hall–Kier alpha value is -3.30. The minimum Gasteiger partial charge on any atom is -0.465 e. The third-order valence-corrected chi connectivity index (χ3v) is 3.47. The third-order valence-electron chi connectivity index (χ3n) is 3.47. The lowest BCUT2D eigenvalue weighted by Crippen LogP contribution is -2.34. The molecule has 1 aromatic carbocycles. The van der Waals surface area contributed by atoms with Crippen molar-refractivity contribution in [3.8, 4) is 0 Å². The standard InChI is InChI=1S/C16H19N3O7/c1-9(4-5-13(20)15(22)17-2)18-14(21)10-6-11(16(23)26-3)8-12(7-10)19(24)25/h6-9H,4-5H2,1-3H3,(H,17,22)(H,18,21). The number of Topliss-reactive ketones (excluding diaryl/α,β-unsaturated/α-hetero) is 1. The van der Waals surface area contributed by atoms with E-state index in [2.05, 4.69) is 15.4 Å². The Morgan fingerprint density at radius 1 is 1.19 bits per heavy atom. The molecule has 0 saturated heterocycles. The predicted octanol–water partition coefficient (Wildman–Crippen LogP) is 0.595. The number of nitrogens with zero attached hydrogens (tertiary/aromatic N) is 1. The average Bonchev–Trinajstić information content (AvgIpc) is 2.63. The van der Waals surface area contributed by atoms with Crippen molar-refractivity contribution >= 4 is 29.3 Å². The number of hydrogen-bond acceptors (Lipinski definition) is 7. The van der Waals surface area contributed by atoms with Gasteiger partial charge in [0.25, 0.3) is 17.5 Å². The maximum Gasteiger partial charge on any atom is 0.338 e. The first-order valence-electron chi connectivity index (χ1n) is 7.63. The van der Waals surface area contributed by atoms with Gasteiger partial charge in [-0.3, -0.25) is 24.5 Å². The number of carbonyl (C=O) groups is 4. The van der Waals surface area contributed by atoms with Crippen LogP contribution in [0.1, 0.15) is 40.5 Å². The lowest BCUT2D eigenvalue weighted by atomic mass is 10.1. The van der Waals surface area contributed by atoms with Gasteiger partial charge in [-0.1, -0.05) is 0 Å². The van der Waals surface area contributed by atoms with Crippen LogP contribution < -0.4 is 10.6 Å². The Labute approximate surface area is 149 Å². The van der Waals surface area contributed by atoms with Crippen LogP contribution >= 0.6 is 0 Å². The van der Waals surface area contributed by atoms with E-state index in [1.54, 1.807) is 6.92 Å². The van der Waals surface area contributed by atoms with E-state index in [0.29, 0.717) is 0 Å². The zero-order chi connectivity index (χ0) is 19.9. The van der Waals surface area contributed by atoms with Crippen molar-refractivity contribution in [1.82, 2.24) is 10.6 Å². The minimum atomic E-state index is -0.813. The lowest BCUT2D eigenvalue weighted by molar-refractivity contribution is -0.384. The highest BCUT2D eigenvalue weighted by atomic mass is 16.6. The number of ketones is 1. The SMILES string of the molecule is CNC(=O)C(=O)CCC(C)NC(=O)c1cc(C(=O)OC)cc([N+](=O)[O-])c1. The number of esters is 1. The molecule has 2 N–H and O–H groups in total. The molecule has 10 heteroatoms. The van der Waals surface area contributed by atoms with Crippen molar-refractivity contribution in [2.75, 3.05) is 14.2 Å². The first kappa shape index (κ1) is 20.7. The summed E-state index contributed by atoms with van der Waals surface area (Å²) in [4.78, 5) is 56.7. The van der Waals surface area contributed by atoms with Crippen molar-refractivity contribution in [3.63, 3.8) is 0 Å². The molecule has 0 saturated carbocycles. The molecule has 140 valence electrons. The highest BCUT2D eigenvalue weighted by Crippen LogP contribution is 2.18. The van der Waals surface area contributed by atoms with Gasteiger partial charge in [-0.2, -0.15) is 0 Å². The lowest BCUT2D eigenvalue weighted by Gasteiger charge is -2.13. The van der Waals surface area contributed by atoms with E-state index in [0.717, 1.165) is 19.2 Å². The summed E-state index contributed by atoms with van der Waals surface area (Å²) in [5.74, 6) is -2.80. The van der Waals surface area contributed by atoms with Gasteiger partial charge in [-0.15, -0.1) is 0 Å². The van der Waals surface area contributed by atoms with Gasteiger partial charge < -0.3 is 15.4 Å². The molecule has 0 spiro atoms. The fraction of sp³-hybridized carbons (Fsp3) is 0.375. The van der Waals surface area contributed by atoms with Crippen molar-refractivity contribution < 1.29 is 28.8 Å². The molecule has 0 aliphatic heterocycles. The molecule has 1 atom stereocenters. The molecule has 1 unspecified atom stereocenters. The second-order valence-electron chi connectivity index (χ2n) is 5.43. The molecule has 1 rings (SSSR count). The zero-order valence-corrected chi connectivity index (χ0v) is 14.5. The van der Waals surface area contributed by atoms with Crippen LogP contribution in [-0.2, 0) is 14.3 Å². The first-order chi connectivity index (χ1) is 12.2. The molecule has 0 fully saturated rings. The van der Waals surface area contributed by atoms with Gasteiger partial charge in [0, 0.05) is 37.2 Å². The van der Waals surface area contributed by atoms with E-state index in [1.165, 1.54) is 13.1 Å². The summed E-state index contributed by atoms with van der Waals surface area (Å²) in [6.07, 6.45) is 0.139. The number of carbonyl (C=O) groups excluding carboxylic acids is 4. The highest BCUT2D eigenvalue weighted by Gasteiger charge is 2.20. The van der Waals surface area contributed by atoms with Crippen LogP contribution in [0.25, 0.3) is 0 Å². The number of ether oxygens (including phenoxy) is 1. The Morgan fingerprint density at radius 2 is 1.81 bits per heavy atom. The first-order valence-corrected chi connectivity index (χ1v) is 7.63. The number of non-ortho nitro benzene ring substituents is 1. The number of methoxy groups -OCH3 is 1. The maximum absolute atomic E-state index is 12.3. The monoisotopic (exact) mass is 365 g/mol. The Morgan fingerprint density at radius 3 is 2.35 bits per heavy atom. The van der Waals surface area contributed by atoms with Crippen LogP contribution in [0.15, 0.2) is 18.2 Å². The maximum atomic E-state index is 12.3. The largest absolute Gasteiger partial charge is 0.465 e. The van der Waals surface area contributed by atoms with E-state index >= 15 is 0 Å². The molecule has 0 aromatic heterocycles. The smallest absolute Gasteiger partial charge is 0.338 e. The number of rotatable bonds is 8. The van der Waals surface area contributed by atoms with Crippen LogP contribution in [0.2, 0.25) is 0 Å². The van der Waals surface area contributed by atoms with Crippen LogP contribution in [0.4, 0.5) is 5.69 Å². The van der Waals surface area contributed by atoms with Crippen LogP contribution in [0.3, 0.4) is 0 Å². The fourth-order valence-electron chi connectivity index (χ4n) is 2.06. The molecular formula is C16H19N3O7. The van der Waals surface area contributed by atoms with Gasteiger partial charge in [0.1, 0.15) is 0 Å². The zero-order valence-electron chi connectivity index (χ0n) is 14.5. The second-order valence-corrected chi connectivity index (χ2v) is 5.43. The summed E-state index contributed by atoms with van der Waals surface area (Å²) in [5, 5.41) is 15.7. The number of nitrogens with one attached hydrogen (secondary N) is 2. The van der Waals surface area contributed by atoms with Crippen LogP contribution in [0.5, 0.6) is 0 Å². The molecule has 0 bridgehead atoms. The summed E-state index contributed by atoms with van der Waals surface area (Å²) in [5.41, 5.74) is -0.654. The van der Waals surface area contributed by atoms with E-state index < -0.39 is 40.2 Å². The quantitative estimate of drug-likeness (QED) is 0.297. The predicted molar refractivity (Wildman–Crippen MR) is 89.7 cm³/mol. The Kier molecular flexibility index (Phi) is 7.38. The second kappa shape index (κ2) is 9.25. The van der Waals surface area contributed by atoms with E-state index in [-0.39, 0.29) is 24.0 Å². The molecule has 0 heterocycles. The number of nitro benzene ring substituents is 1. The average molecular weight is 365 g/mol. The van der Waals surface area contributed by atoms with Crippen molar-refractivity contribution in [2.24, 2.45) is 0 Å². The normalized spacial score (nSPS) is 11.2. The van der Waals surface area contributed by atoms with Crippen molar-refractivity contribution in [1.29, 1.82) is 0 Å². The molecule has 0 aliphatic carbocycles. The highest BCUT2D eigenvalue weighted by molar-refractivity contribution is 6.36. The minimum absolute atomic E-state index is 0.0660. The Balaban J connectivity index is 2.87. The van der Waals surface area contributed by atoms with E-state index in [9.17, 15) is 29.3 Å². The van der Waals surface area contributed by atoms with E-state index in [1.807, 2.05) is 0 Å². The van der Waals surface area contributed by atoms with Gasteiger partial charge in [0.05, 0.1) is 17.6 Å². The van der Waals surface area contributed by atoms with Gasteiger partial charge >= 0.3 is 5.97 Å². The van der Waals surface area contributed by atoms with Gasteiger partial charge in [-0.05, 0) is 19.4 Å². The molecule has 0 aliphatic rings. The summed E-state index contributed by atoms with van der Waals surface area (Å²) in [6, 6.07) is 2.74. The summed E-state index contributed by atoms with van der Waals surface area (Å²) in [7, 11) is 2.46. The Bertz CT molecular complexity index is 745. The van der Waals surface area contributed by atoms with Crippen molar-refractivity contribution in [2.45, 2.75) is 25.8 Å². The number of likely N-dealkylation sites (N-methyl/N-ethyl adjacent to an activating group) is 1. The molecular weight excluding hydrogens is 346 g/mol. The molecule has 26 heavy (non-hydrogen) atoms. The van der Waals surface area contributed by atoms with Gasteiger partial charge in [0.2, 0.25) is 5.78 Å². The van der Waals surface area contributed by atoms with Gasteiger partial charge in [-0.25, -0.2) is 4.79 Å². The number of nitro groups is 1. The van der Waals surface area contributed by atoms with Crippen LogP contribution in [-0.4, -0.2) is 48.7 Å². The molecule has 1 aromatic rings. The molecule has 2 amide bonds. The number of benzene rings is 1. The fourth-order valence-corrected chi connectivity index (χ4v) is 2.06. The van der Waals surface area contributed by atoms with Crippen LogP contribution in [0, 0.1) is 10.1 Å². The topological polar surface area (TPSA) is 145 Å². The van der Waals surface area contributed by atoms with Gasteiger partial charge in [0.15, 0.2) is 0 Å².